The van der Waals surface area contributed by atoms with Gasteiger partial charge in [0.05, 0.1) is 5.69 Å². The van der Waals surface area contributed by atoms with Crippen molar-refractivity contribution in [2.75, 3.05) is 10.6 Å². The maximum absolute atomic E-state index is 14.0. The smallest absolute Gasteiger partial charge is 0.273 e. The van der Waals surface area contributed by atoms with E-state index >= 15 is 0 Å². The molecule has 1 aromatic heterocycles. The number of aryl methyl sites for hydroxylation is 1. The molecule has 38 heavy (non-hydrogen) atoms. The fraction of sp³-hybridized carbons (Fsp3) is 0.111. The van der Waals surface area contributed by atoms with Crippen LogP contribution in [-0.2, 0) is 11.3 Å². The van der Waals surface area contributed by atoms with E-state index in [2.05, 4.69) is 9.69 Å². The molecule has 0 aliphatic carbocycles. The number of hydrogen-bond acceptors (Lipinski definition) is 7. The minimum atomic E-state index is -1.22. The maximum Gasteiger partial charge on any atom is 0.273 e. The lowest BCUT2D eigenvalue weighted by Crippen LogP contribution is -2.44. The minimum absolute atomic E-state index is 0.0229. The largest absolute Gasteiger partial charge is 0.508 e. The Morgan fingerprint density at radius 1 is 1.03 bits per heavy atom. The van der Waals surface area contributed by atoms with Crippen molar-refractivity contribution < 1.29 is 23.9 Å². The number of aromatic nitrogens is 1. The van der Waals surface area contributed by atoms with Crippen LogP contribution in [0.4, 0.5) is 15.8 Å². The number of benzene rings is 3. The van der Waals surface area contributed by atoms with Crippen LogP contribution in [0.3, 0.4) is 0 Å². The van der Waals surface area contributed by atoms with Crippen LogP contribution in [0.2, 0.25) is 0 Å². The van der Waals surface area contributed by atoms with Gasteiger partial charge in [-0.1, -0.05) is 42.0 Å². The molecule has 9 nitrogen and oxygen atoms in total. The van der Waals surface area contributed by atoms with Crippen LogP contribution in [0.1, 0.15) is 42.9 Å². The van der Waals surface area contributed by atoms with Gasteiger partial charge in [0.1, 0.15) is 22.5 Å². The number of carbonyl (C=O) groups is 3. The molecule has 0 saturated heterocycles. The molecule has 1 atom stereocenters. The molecule has 0 spiro atoms. The summed E-state index contributed by atoms with van der Waals surface area (Å²) in [7, 11) is 0. The molecule has 6 N–H and O–H groups in total. The second-order valence-corrected chi connectivity index (χ2v) is 9.26. The fourth-order valence-corrected chi connectivity index (χ4v) is 4.53. The van der Waals surface area contributed by atoms with E-state index in [1.165, 1.54) is 53.4 Å². The second-order valence-electron chi connectivity index (χ2n) is 8.49. The van der Waals surface area contributed by atoms with Crippen molar-refractivity contribution in [2.45, 2.75) is 19.5 Å². The van der Waals surface area contributed by atoms with Crippen molar-refractivity contribution in [1.29, 1.82) is 0 Å². The van der Waals surface area contributed by atoms with Crippen molar-refractivity contribution in [3.8, 4) is 5.75 Å². The standard InChI is InChI=1S/C27H24FN5O4S/c1-15-2-10-19(11-3-15)33(27(37)24-21(29)22(25(30)35)32-38-24)23(17-6-12-20(34)13-7-17)26(36)31-14-16-4-8-18(28)9-5-16/h2-13,23,34H,14,29H2,1H3,(H2,30,35)(H,31,36)/t23-/m0/s1. The first kappa shape index (κ1) is 26.3. The number of phenols is 1. The molecule has 3 amide bonds. The zero-order valence-electron chi connectivity index (χ0n) is 20.2. The maximum atomic E-state index is 14.0. The number of amides is 3. The molecule has 4 aromatic rings. The summed E-state index contributed by atoms with van der Waals surface area (Å²) in [5, 5.41) is 12.6. The van der Waals surface area contributed by atoms with E-state index in [1.807, 2.05) is 6.92 Å². The summed E-state index contributed by atoms with van der Waals surface area (Å²) in [6, 6.07) is 17.2. The molecule has 0 aliphatic heterocycles. The number of halogens is 1. The third-order valence-electron chi connectivity index (χ3n) is 5.78. The van der Waals surface area contributed by atoms with E-state index in [0.29, 0.717) is 28.3 Å². The third-order valence-corrected chi connectivity index (χ3v) is 6.63. The average molecular weight is 534 g/mol. The number of anilines is 2. The molecule has 0 saturated carbocycles. The zero-order valence-corrected chi connectivity index (χ0v) is 21.0. The Morgan fingerprint density at radius 3 is 2.24 bits per heavy atom. The lowest BCUT2D eigenvalue weighted by atomic mass is 10.0. The molecule has 1 heterocycles. The number of nitrogens with two attached hydrogens (primary N) is 2. The second kappa shape index (κ2) is 11.1. The fourth-order valence-electron chi connectivity index (χ4n) is 3.79. The van der Waals surface area contributed by atoms with Gasteiger partial charge in [0.2, 0.25) is 5.91 Å². The Balaban J connectivity index is 1.80. The molecule has 194 valence electrons. The van der Waals surface area contributed by atoms with Gasteiger partial charge in [-0.3, -0.25) is 19.3 Å². The van der Waals surface area contributed by atoms with Crippen molar-refractivity contribution in [1.82, 2.24) is 9.69 Å². The van der Waals surface area contributed by atoms with Crippen LogP contribution in [0, 0.1) is 12.7 Å². The SMILES string of the molecule is Cc1ccc(N(C(=O)c2snc(C(N)=O)c2N)[C@H](C(=O)NCc2ccc(F)cc2)c2ccc(O)cc2)cc1. The number of phenolic OH excluding ortho intramolecular Hbond substituents is 1. The van der Waals surface area contributed by atoms with E-state index in [9.17, 15) is 23.9 Å². The molecule has 0 aliphatic rings. The topological polar surface area (TPSA) is 152 Å². The highest BCUT2D eigenvalue weighted by atomic mass is 32.1. The number of nitrogen functional groups attached to an aromatic ring is 1. The van der Waals surface area contributed by atoms with Gasteiger partial charge in [0.15, 0.2) is 5.69 Å². The lowest BCUT2D eigenvalue weighted by Gasteiger charge is -2.31. The van der Waals surface area contributed by atoms with Crippen molar-refractivity contribution in [2.24, 2.45) is 5.73 Å². The van der Waals surface area contributed by atoms with Gasteiger partial charge in [0, 0.05) is 12.2 Å². The summed E-state index contributed by atoms with van der Waals surface area (Å²) in [5.74, 6) is -2.54. The summed E-state index contributed by atoms with van der Waals surface area (Å²) >= 11 is 0.703. The van der Waals surface area contributed by atoms with Gasteiger partial charge in [-0.2, -0.15) is 4.37 Å². The van der Waals surface area contributed by atoms with Crippen LogP contribution in [0.15, 0.2) is 72.8 Å². The number of aromatic hydroxyl groups is 1. The number of carbonyl (C=O) groups excluding carboxylic acids is 3. The molecule has 0 fully saturated rings. The molecule has 0 bridgehead atoms. The highest BCUT2D eigenvalue weighted by Crippen LogP contribution is 2.33. The monoisotopic (exact) mass is 533 g/mol. The first-order valence-electron chi connectivity index (χ1n) is 11.4. The molecule has 11 heteroatoms. The van der Waals surface area contributed by atoms with Crippen molar-refractivity contribution in [3.63, 3.8) is 0 Å². The Labute approximate surface area is 221 Å². The van der Waals surface area contributed by atoms with Crippen LogP contribution < -0.4 is 21.7 Å². The Kier molecular flexibility index (Phi) is 7.68. The summed E-state index contributed by atoms with van der Waals surface area (Å²) in [5.41, 5.74) is 13.3. The predicted molar refractivity (Wildman–Crippen MR) is 142 cm³/mol. The minimum Gasteiger partial charge on any atom is -0.508 e. The van der Waals surface area contributed by atoms with Crippen LogP contribution in [0.25, 0.3) is 0 Å². The lowest BCUT2D eigenvalue weighted by molar-refractivity contribution is -0.122. The zero-order chi connectivity index (χ0) is 27.4. The number of hydrogen-bond donors (Lipinski definition) is 4. The Hall–Kier alpha value is -4.77. The normalized spacial score (nSPS) is 11.5. The van der Waals surface area contributed by atoms with Crippen LogP contribution in [-0.4, -0.2) is 27.2 Å². The molecule has 3 aromatic carbocycles. The summed E-state index contributed by atoms with van der Waals surface area (Å²) < 4.78 is 17.3. The van der Waals surface area contributed by atoms with E-state index in [0.717, 1.165) is 5.56 Å². The quantitative estimate of drug-likeness (QED) is 0.271. The highest BCUT2D eigenvalue weighted by molar-refractivity contribution is 7.09. The highest BCUT2D eigenvalue weighted by Gasteiger charge is 2.36. The third kappa shape index (κ3) is 5.62. The summed E-state index contributed by atoms with van der Waals surface area (Å²) in [4.78, 5) is 40.6. The predicted octanol–water partition coefficient (Wildman–Crippen LogP) is 3.68. The Morgan fingerprint density at radius 2 is 1.66 bits per heavy atom. The van der Waals surface area contributed by atoms with E-state index in [1.54, 1.807) is 24.3 Å². The van der Waals surface area contributed by atoms with Gasteiger partial charge < -0.3 is 21.9 Å². The number of primary amides is 1. The molecular weight excluding hydrogens is 509 g/mol. The first-order valence-corrected chi connectivity index (χ1v) is 12.2. The van der Waals surface area contributed by atoms with Gasteiger partial charge in [-0.05, 0) is 66.0 Å². The number of rotatable bonds is 8. The first-order chi connectivity index (χ1) is 18.2. The molecule has 0 radical (unpaired) electrons. The van der Waals surface area contributed by atoms with Gasteiger partial charge >= 0.3 is 0 Å². The summed E-state index contributed by atoms with van der Waals surface area (Å²) in [6.45, 7) is 1.95. The average Bonchev–Trinajstić information content (AvgIpc) is 3.29. The van der Waals surface area contributed by atoms with Crippen LogP contribution >= 0.6 is 11.5 Å². The van der Waals surface area contributed by atoms with Gasteiger partial charge in [0.25, 0.3) is 11.8 Å². The van der Waals surface area contributed by atoms with Gasteiger partial charge in [-0.25, -0.2) is 4.39 Å². The van der Waals surface area contributed by atoms with Gasteiger partial charge in [-0.15, -0.1) is 0 Å². The molecule has 0 unspecified atom stereocenters. The molecule has 4 rings (SSSR count). The number of nitrogens with one attached hydrogen (secondary N) is 1. The Bertz CT molecular complexity index is 1470. The summed E-state index contributed by atoms with van der Waals surface area (Å²) in [6.07, 6.45) is 0. The van der Waals surface area contributed by atoms with Crippen LogP contribution in [0.5, 0.6) is 5.75 Å². The van der Waals surface area contributed by atoms with E-state index in [4.69, 9.17) is 11.5 Å². The van der Waals surface area contributed by atoms with Crippen molar-refractivity contribution >= 4 is 40.6 Å². The van der Waals surface area contributed by atoms with E-state index in [-0.39, 0.29) is 28.6 Å². The van der Waals surface area contributed by atoms with E-state index < -0.39 is 29.6 Å². The number of nitrogens with zero attached hydrogens (tertiary/aromatic N) is 2. The van der Waals surface area contributed by atoms with Crippen molar-refractivity contribution in [3.05, 3.63) is 106 Å². The molecular formula is C27H24FN5O4S.